The second-order valence-corrected chi connectivity index (χ2v) is 6.37. The zero-order chi connectivity index (χ0) is 15.2. The fourth-order valence-corrected chi connectivity index (χ4v) is 3.21. The van der Waals surface area contributed by atoms with Crippen LogP contribution in [0.3, 0.4) is 0 Å². The molecule has 0 spiro atoms. The molecular weight excluding hydrogens is 286 g/mol. The van der Waals surface area contributed by atoms with Crippen molar-refractivity contribution in [3.8, 4) is 0 Å². The highest BCUT2D eigenvalue weighted by molar-refractivity contribution is 7.09. The lowest BCUT2D eigenvalue weighted by molar-refractivity contribution is -0.132. The average Bonchev–Trinajstić information content (AvgIpc) is 2.99. The number of rotatable bonds is 5. The molecular formula is C15H23N3O2S. The first kappa shape index (κ1) is 16.0. The number of hydrogen-bond acceptors (Lipinski definition) is 4. The van der Waals surface area contributed by atoms with Crippen LogP contribution in [0.1, 0.15) is 18.7 Å². The molecule has 1 aliphatic heterocycles. The monoisotopic (exact) mass is 309 g/mol. The van der Waals surface area contributed by atoms with E-state index in [1.165, 1.54) is 4.88 Å². The van der Waals surface area contributed by atoms with Crippen molar-refractivity contribution in [2.24, 2.45) is 0 Å². The Morgan fingerprint density at radius 3 is 2.62 bits per heavy atom. The lowest BCUT2D eigenvalue weighted by atomic mass is 10.2. The Hall–Kier alpha value is -1.40. The molecule has 0 unspecified atom stereocenters. The molecule has 0 bridgehead atoms. The first-order chi connectivity index (χ1) is 10.1. The first-order valence-corrected chi connectivity index (χ1v) is 8.25. The normalized spacial score (nSPS) is 17.5. The summed E-state index contributed by atoms with van der Waals surface area (Å²) in [5, 5.41) is 5.05. The SMILES string of the molecule is CC(=O)N1CCN([C@@H](C)C(=O)NCCc2cccs2)CC1. The highest BCUT2D eigenvalue weighted by atomic mass is 32.1. The van der Waals surface area contributed by atoms with E-state index in [9.17, 15) is 9.59 Å². The third-order valence-electron chi connectivity index (χ3n) is 3.94. The van der Waals surface area contributed by atoms with Gasteiger partial charge in [0.05, 0.1) is 6.04 Å². The van der Waals surface area contributed by atoms with Crippen molar-refractivity contribution in [2.45, 2.75) is 26.3 Å². The molecule has 116 valence electrons. The van der Waals surface area contributed by atoms with Gasteiger partial charge in [-0.3, -0.25) is 14.5 Å². The van der Waals surface area contributed by atoms with Crippen LogP contribution in [-0.4, -0.2) is 60.4 Å². The van der Waals surface area contributed by atoms with Crippen molar-refractivity contribution >= 4 is 23.2 Å². The minimum absolute atomic E-state index is 0.0721. The summed E-state index contributed by atoms with van der Waals surface area (Å²) in [6, 6.07) is 3.97. The largest absolute Gasteiger partial charge is 0.354 e. The predicted molar refractivity (Wildman–Crippen MR) is 84.3 cm³/mol. The van der Waals surface area contributed by atoms with E-state index in [2.05, 4.69) is 16.3 Å². The minimum Gasteiger partial charge on any atom is -0.354 e. The molecule has 1 aromatic rings. The Kier molecular flexibility index (Phi) is 5.76. The molecule has 1 aliphatic rings. The van der Waals surface area contributed by atoms with E-state index in [-0.39, 0.29) is 17.9 Å². The van der Waals surface area contributed by atoms with Crippen molar-refractivity contribution in [1.82, 2.24) is 15.1 Å². The number of carbonyl (C=O) groups is 2. The van der Waals surface area contributed by atoms with Crippen LogP contribution >= 0.6 is 11.3 Å². The number of thiophene rings is 1. The summed E-state index contributed by atoms with van der Waals surface area (Å²) in [5.74, 6) is 0.186. The second-order valence-electron chi connectivity index (χ2n) is 5.34. The topological polar surface area (TPSA) is 52.7 Å². The smallest absolute Gasteiger partial charge is 0.237 e. The molecule has 1 N–H and O–H groups in total. The van der Waals surface area contributed by atoms with Gasteiger partial charge in [-0.15, -0.1) is 11.3 Å². The van der Waals surface area contributed by atoms with Gasteiger partial charge in [0.1, 0.15) is 0 Å². The van der Waals surface area contributed by atoms with Gasteiger partial charge in [0, 0.05) is 44.5 Å². The van der Waals surface area contributed by atoms with Crippen molar-refractivity contribution in [1.29, 1.82) is 0 Å². The van der Waals surface area contributed by atoms with E-state index in [0.29, 0.717) is 19.6 Å². The van der Waals surface area contributed by atoms with Crippen LogP contribution < -0.4 is 5.32 Å². The summed E-state index contributed by atoms with van der Waals surface area (Å²) in [7, 11) is 0. The highest BCUT2D eigenvalue weighted by Gasteiger charge is 2.25. The van der Waals surface area contributed by atoms with Gasteiger partial charge in [-0.05, 0) is 24.8 Å². The molecule has 5 nitrogen and oxygen atoms in total. The van der Waals surface area contributed by atoms with Crippen LogP contribution in [0, 0.1) is 0 Å². The van der Waals surface area contributed by atoms with Gasteiger partial charge in [-0.25, -0.2) is 0 Å². The quantitative estimate of drug-likeness (QED) is 0.881. The molecule has 2 heterocycles. The molecule has 0 radical (unpaired) electrons. The molecule has 1 saturated heterocycles. The van der Waals surface area contributed by atoms with E-state index < -0.39 is 0 Å². The zero-order valence-corrected chi connectivity index (χ0v) is 13.5. The molecule has 1 atom stereocenters. The van der Waals surface area contributed by atoms with Gasteiger partial charge >= 0.3 is 0 Å². The molecule has 2 rings (SSSR count). The fourth-order valence-electron chi connectivity index (χ4n) is 2.50. The van der Waals surface area contributed by atoms with Gasteiger partial charge in [-0.1, -0.05) is 6.07 Å². The van der Waals surface area contributed by atoms with Crippen molar-refractivity contribution in [3.05, 3.63) is 22.4 Å². The number of amides is 2. The summed E-state index contributed by atoms with van der Waals surface area (Å²) in [6.07, 6.45) is 0.883. The summed E-state index contributed by atoms with van der Waals surface area (Å²) in [6.45, 7) is 7.15. The number of piperazine rings is 1. The second kappa shape index (κ2) is 7.56. The Morgan fingerprint density at radius 1 is 1.33 bits per heavy atom. The Labute approximate surface area is 129 Å². The summed E-state index contributed by atoms with van der Waals surface area (Å²) in [5.41, 5.74) is 0. The van der Waals surface area contributed by atoms with E-state index in [1.807, 2.05) is 23.3 Å². The van der Waals surface area contributed by atoms with Crippen LogP contribution in [0.5, 0.6) is 0 Å². The third kappa shape index (κ3) is 4.54. The molecule has 1 aromatic heterocycles. The molecule has 21 heavy (non-hydrogen) atoms. The van der Waals surface area contributed by atoms with E-state index in [4.69, 9.17) is 0 Å². The zero-order valence-electron chi connectivity index (χ0n) is 12.7. The van der Waals surface area contributed by atoms with E-state index >= 15 is 0 Å². The third-order valence-corrected chi connectivity index (χ3v) is 4.87. The minimum atomic E-state index is -0.137. The maximum absolute atomic E-state index is 12.2. The van der Waals surface area contributed by atoms with Crippen LogP contribution in [0.15, 0.2) is 17.5 Å². The van der Waals surface area contributed by atoms with Gasteiger partial charge in [-0.2, -0.15) is 0 Å². The maximum atomic E-state index is 12.2. The highest BCUT2D eigenvalue weighted by Crippen LogP contribution is 2.09. The van der Waals surface area contributed by atoms with E-state index in [0.717, 1.165) is 19.5 Å². The molecule has 0 aromatic carbocycles. The van der Waals surface area contributed by atoms with Crippen molar-refractivity contribution < 1.29 is 9.59 Å². The van der Waals surface area contributed by atoms with Crippen LogP contribution in [0.4, 0.5) is 0 Å². The van der Waals surface area contributed by atoms with Gasteiger partial charge in [0.15, 0.2) is 0 Å². The molecule has 0 aliphatic carbocycles. The van der Waals surface area contributed by atoms with Crippen molar-refractivity contribution in [2.75, 3.05) is 32.7 Å². The summed E-state index contributed by atoms with van der Waals surface area (Å²) < 4.78 is 0. The van der Waals surface area contributed by atoms with Crippen LogP contribution in [0.25, 0.3) is 0 Å². The van der Waals surface area contributed by atoms with Gasteiger partial charge in [0.25, 0.3) is 0 Å². The molecule has 0 saturated carbocycles. The Morgan fingerprint density at radius 2 is 2.05 bits per heavy atom. The molecule has 2 amide bonds. The summed E-state index contributed by atoms with van der Waals surface area (Å²) in [4.78, 5) is 28.7. The maximum Gasteiger partial charge on any atom is 0.237 e. The number of hydrogen-bond donors (Lipinski definition) is 1. The number of nitrogens with one attached hydrogen (secondary N) is 1. The fraction of sp³-hybridized carbons (Fsp3) is 0.600. The standard InChI is InChI=1S/C15H23N3O2S/c1-12(17-7-9-18(10-8-17)13(2)19)15(20)16-6-5-14-4-3-11-21-14/h3-4,11-12H,5-10H2,1-2H3,(H,16,20)/t12-/m0/s1. The average molecular weight is 309 g/mol. The van der Waals surface area contributed by atoms with Crippen LogP contribution in [0.2, 0.25) is 0 Å². The number of carbonyl (C=O) groups excluding carboxylic acids is 2. The van der Waals surface area contributed by atoms with Gasteiger partial charge in [0.2, 0.25) is 11.8 Å². The van der Waals surface area contributed by atoms with Crippen molar-refractivity contribution in [3.63, 3.8) is 0 Å². The Bertz CT molecular complexity index is 467. The lowest BCUT2D eigenvalue weighted by Gasteiger charge is -2.37. The Balaban J connectivity index is 1.71. The van der Waals surface area contributed by atoms with Crippen LogP contribution in [-0.2, 0) is 16.0 Å². The number of nitrogens with zero attached hydrogens (tertiary/aromatic N) is 2. The van der Waals surface area contributed by atoms with E-state index in [1.54, 1.807) is 18.3 Å². The predicted octanol–water partition coefficient (Wildman–Crippen LogP) is 0.959. The molecule has 1 fully saturated rings. The lowest BCUT2D eigenvalue weighted by Crippen LogP contribution is -2.54. The summed E-state index contributed by atoms with van der Waals surface area (Å²) >= 11 is 1.71. The van der Waals surface area contributed by atoms with Gasteiger partial charge < -0.3 is 10.2 Å². The molecule has 6 heteroatoms. The first-order valence-electron chi connectivity index (χ1n) is 7.37.